The van der Waals surface area contributed by atoms with Crippen LogP contribution in [-0.2, 0) is 14.3 Å². The Morgan fingerprint density at radius 3 is 2.53 bits per heavy atom. The summed E-state index contributed by atoms with van der Waals surface area (Å²) in [5.74, 6) is -1.49. The molecule has 5 nitrogen and oxygen atoms in total. The van der Waals surface area contributed by atoms with Gasteiger partial charge in [-0.05, 0) is 12.1 Å². The van der Waals surface area contributed by atoms with Crippen LogP contribution in [0.5, 0.6) is 5.75 Å². The maximum Gasteiger partial charge on any atom is 0.348 e. The molecule has 0 saturated heterocycles. The molecule has 0 aliphatic heterocycles. The van der Waals surface area contributed by atoms with E-state index in [-0.39, 0.29) is 6.61 Å². The highest BCUT2D eigenvalue weighted by Crippen LogP contribution is 2.11. The number of benzene rings is 1. The molecule has 1 aromatic rings. The fraction of sp³-hybridized carbons (Fsp3) is 0.167. The molecular formula is C12H12O5. The molecule has 0 saturated carbocycles. The van der Waals surface area contributed by atoms with Crippen LogP contribution in [0.25, 0.3) is 0 Å². The lowest BCUT2D eigenvalue weighted by Crippen LogP contribution is -2.32. The van der Waals surface area contributed by atoms with Gasteiger partial charge < -0.3 is 14.6 Å². The second kappa shape index (κ2) is 6.32. The van der Waals surface area contributed by atoms with Crippen LogP contribution < -0.4 is 4.74 Å². The fourth-order valence-corrected chi connectivity index (χ4v) is 1.04. The molecule has 5 heteroatoms. The summed E-state index contributed by atoms with van der Waals surface area (Å²) in [6.07, 6.45) is -0.275. The van der Waals surface area contributed by atoms with Crippen LogP contribution in [0.2, 0.25) is 0 Å². The molecule has 90 valence electrons. The Labute approximate surface area is 98.3 Å². The van der Waals surface area contributed by atoms with Crippen molar-refractivity contribution in [3.05, 3.63) is 43.0 Å². The Balaban J connectivity index is 2.58. The van der Waals surface area contributed by atoms with Crippen molar-refractivity contribution >= 4 is 11.9 Å². The standard InChI is InChI=1S/C12H12O5/c1-2-11(13)16-8-10(12(14)15)17-9-6-4-3-5-7-9/h2-7,10H,1,8H2,(H,14,15). The van der Waals surface area contributed by atoms with Crippen LogP contribution in [-0.4, -0.2) is 29.8 Å². The van der Waals surface area contributed by atoms with E-state index in [2.05, 4.69) is 11.3 Å². The second-order valence-corrected chi connectivity index (χ2v) is 3.09. The maximum atomic E-state index is 10.9. The summed E-state index contributed by atoms with van der Waals surface area (Å²) in [6.45, 7) is 2.84. The summed E-state index contributed by atoms with van der Waals surface area (Å²) in [5, 5.41) is 8.88. The first-order valence-corrected chi connectivity index (χ1v) is 4.87. The molecule has 1 rings (SSSR count). The smallest absolute Gasteiger partial charge is 0.348 e. The summed E-state index contributed by atoms with van der Waals surface area (Å²) >= 11 is 0. The van der Waals surface area contributed by atoms with Gasteiger partial charge in [-0.25, -0.2) is 9.59 Å². The van der Waals surface area contributed by atoms with Crippen molar-refractivity contribution in [2.75, 3.05) is 6.61 Å². The molecule has 0 aromatic heterocycles. The minimum absolute atomic E-state index is 0.366. The normalized spacial score (nSPS) is 11.3. The zero-order valence-corrected chi connectivity index (χ0v) is 9.04. The second-order valence-electron chi connectivity index (χ2n) is 3.09. The summed E-state index contributed by atoms with van der Waals surface area (Å²) in [6, 6.07) is 8.44. The van der Waals surface area contributed by atoms with Gasteiger partial charge in [-0.3, -0.25) is 0 Å². The Kier molecular flexibility index (Phi) is 4.75. The van der Waals surface area contributed by atoms with Crippen LogP contribution in [0.3, 0.4) is 0 Å². The van der Waals surface area contributed by atoms with Gasteiger partial charge in [0.15, 0.2) is 0 Å². The van der Waals surface area contributed by atoms with E-state index in [1.165, 1.54) is 0 Å². The largest absolute Gasteiger partial charge is 0.478 e. The lowest BCUT2D eigenvalue weighted by atomic mass is 10.3. The average molecular weight is 236 g/mol. The first-order valence-electron chi connectivity index (χ1n) is 4.87. The maximum absolute atomic E-state index is 10.9. The Morgan fingerprint density at radius 1 is 1.35 bits per heavy atom. The molecule has 0 bridgehead atoms. The summed E-state index contributed by atoms with van der Waals surface area (Å²) in [4.78, 5) is 21.7. The Hall–Kier alpha value is -2.30. The summed E-state index contributed by atoms with van der Waals surface area (Å²) < 4.78 is 9.78. The van der Waals surface area contributed by atoms with Crippen LogP contribution in [0.1, 0.15) is 0 Å². The van der Waals surface area contributed by atoms with Gasteiger partial charge in [0, 0.05) is 6.08 Å². The zero-order chi connectivity index (χ0) is 12.7. The van der Waals surface area contributed by atoms with E-state index in [1.807, 2.05) is 0 Å². The highest BCUT2D eigenvalue weighted by molar-refractivity contribution is 5.81. The van der Waals surface area contributed by atoms with E-state index in [0.717, 1.165) is 6.08 Å². The number of esters is 1. The molecule has 1 aromatic carbocycles. The van der Waals surface area contributed by atoms with E-state index in [9.17, 15) is 9.59 Å². The number of hydrogen-bond donors (Lipinski definition) is 1. The molecule has 17 heavy (non-hydrogen) atoms. The number of carbonyl (C=O) groups is 2. The van der Waals surface area contributed by atoms with Crippen molar-refractivity contribution in [1.29, 1.82) is 0 Å². The molecule has 0 aliphatic rings. The van der Waals surface area contributed by atoms with Gasteiger partial charge in [-0.2, -0.15) is 0 Å². The van der Waals surface area contributed by atoms with E-state index in [4.69, 9.17) is 9.84 Å². The molecule has 0 heterocycles. The third-order valence-corrected chi connectivity index (χ3v) is 1.84. The minimum atomic E-state index is -1.23. The fourth-order valence-electron chi connectivity index (χ4n) is 1.04. The van der Waals surface area contributed by atoms with Crippen LogP contribution in [0.4, 0.5) is 0 Å². The number of rotatable bonds is 6. The van der Waals surface area contributed by atoms with Crippen LogP contribution in [0.15, 0.2) is 43.0 Å². The number of para-hydroxylation sites is 1. The summed E-state index contributed by atoms with van der Waals surface area (Å²) in [7, 11) is 0. The zero-order valence-electron chi connectivity index (χ0n) is 9.04. The number of carbonyl (C=O) groups excluding carboxylic acids is 1. The van der Waals surface area contributed by atoms with Crippen molar-refractivity contribution in [1.82, 2.24) is 0 Å². The molecule has 0 radical (unpaired) electrons. The highest BCUT2D eigenvalue weighted by atomic mass is 16.6. The predicted molar refractivity (Wildman–Crippen MR) is 59.6 cm³/mol. The minimum Gasteiger partial charge on any atom is -0.478 e. The third-order valence-electron chi connectivity index (χ3n) is 1.84. The lowest BCUT2D eigenvalue weighted by Gasteiger charge is -2.14. The topological polar surface area (TPSA) is 72.8 Å². The van der Waals surface area contributed by atoms with Crippen molar-refractivity contribution < 1.29 is 24.2 Å². The number of aliphatic carboxylic acids is 1. The van der Waals surface area contributed by atoms with Gasteiger partial charge >= 0.3 is 11.9 Å². The van der Waals surface area contributed by atoms with E-state index >= 15 is 0 Å². The Morgan fingerprint density at radius 2 is 2.00 bits per heavy atom. The van der Waals surface area contributed by atoms with E-state index < -0.39 is 18.0 Å². The molecule has 0 fully saturated rings. The van der Waals surface area contributed by atoms with E-state index in [0.29, 0.717) is 5.75 Å². The van der Waals surface area contributed by atoms with Gasteiger partial charge in [0.1, 0.15) is 12.4 Å². The average Bonchev–Trinajstić information content (AvgIpc) is 2.34. The van der Waals surface area contributed by atoms with E-state index in [1.54, 1.807) is 30.3 Å². The molecule has 0 amide bonds. The Bertz CT molecular complexity index is 399. The SMILES string of the molecule is C=CC(=O)OCC(Oc1ccccc1)C(=O)O. The number of carboxylic acids is 1. The van der Waals surface area contributed by atoms with Crippen LogP contribution in [0, 0.1) is 0 Å². The summed E-state index contributed by atoms with van der Waals surface area (Å²) in [5.41, 5.74) is 0. The highest BCUT2D eigenvalue weighted by Gasteiger charge is 2.21. The van der Waals surface area contributed by atoms with Gasteiger partial charge in [-0.1, -0.05) is 24.8 Å². The first kappa shape index (κ1) is 12.8. The van der Waals surface area contributed by atoms with Gasteiger partial charge in [0.25, 0.3) is 0 Å². The van der Waals surface area contributed by atoms with Crippen molar-refractivity contribution in [3.8, 4) is 5.75 Å². The molecule has 1 unspecified atom stereocenters. The molecule has 1 N–H and O–H groups in total. The number of carboxylic acid groups (broad SMARTS) is 1. The van der Waals surface area contributed by atoms with Crippen molar-refractivity contribution in [2.45, 2.75) is 6.10 Å². The first-order chi connectivity index (χ1) is 8.13. The molecule has 1 atom stereocenters. The van der Waals surface area contributed by atoms with Gasteiger partial charge in [0.05, 0.1) is 0 Å². The van der Waals surface area contributed by atoms with Gasteiger partial charge in [0.2, 0.25) is 6.10 Å². The van der Waals surface area contributed by atoms with Crippen LogP contribution >= 0.6 is 0 Å². The molecule has 0 aliphatic carbocycles. The predicted octanol–water partition coefficient (Wildman–Crippen LogP) is 1.25. The molecular weight excluding hydrogens is 224 g/mol. The van der Waals surface area contributed by atoms with Gasteiger partial charge in [-0.15, -0.1) is 0 Å². The number of hydrogen-bond acceptors (Lipinski definition) is 4. The quantitative estimate of drug-likeness (QED) is 0.594. The monoisotopic (exact) mass is 236 g/mol. The number of ether oxygens (including phenoxy) is 2. The lowest BCUT2D eigenvalue weighted by molar-refractivity contribution is -0.152. The van der Waals surface area contributed by atoms with Crippen molar-refractivity contribution in [3.63, 3.8) is 0 Å². The third kappa shape index (κ3) is 4.38. The molecule has 0 spiro atoms. The van der Waals surface area contributed by atoms with Crippen molar-refractivity contribution in [2.24, 2.45) is 0 Å².